The molecule has 0 unspecified atom stereocenters. The molecular weight excluding hydrogens is 336 g/mol. The highest BCUT2D eigenvalue weighted by Crippen LogP contribution is 2.20. The first kappa shape index (κ1) is 17.3. The number of rotatable bonds is 8. The van der Waals surface area contributed by atoms with Crippen LogP contribution in [0.25, 0.3) is 11.5 Å². The fourth-order valence-corrected chi connectivity index (χ4v) is 3.16. The van der Waals surface area contributed by atoms with Gasteiger partial charge in [0.15, 0.2) is 0 Å². The summed E-state index contributed by atoms with van der Waals surface area (Å²) in [5.41, 5.74) is 1.47. The number of carbonyl (C=O) groups is 1. The second-order valence-corrected chi connectivity index (χ2v) is 6.76. The lowest BCUT2D eigenvalue weighted by atomic mass is 10.2. The van der Waals surface area contributed by atoms with Crippen LogP contribution in [0, 0.1) is 0 Å². The van der Waals surface area contributed by atoms with Crippen molar-refractivity contribution in [2.45, 2.75) is 39.0 Å². The molecule has 2 heterocycles. The molecule has 0 aliphatic heterocycles. The molecule has 0 aliphatic rings. The zero-order valence-corrected chi connectivity index (χ0v) is 14.9. The van der Waals surface area contributed by atoms with Crippen LogP contribution in [0.1, 0.15) is 36.9 Å². The zero-order chi connectivity index (χ0) is 17.5. The Balaban J connectivity index is 1.54. The van der Waals surface area contributed by atoms with Crippen molar-refractivity contribution in [1.82, 2.24) is 15.2 Å². The van der Waals surface area contributed by atoms with Crippen LogP contribution in [0.3, 0.4) is 0 Å². The van der Waals surface area contributed by atoms with Gasteiger partial charge in [-0.25, -0.2) is 4.98 Å². The van der Waals surface area contributed by atoms with E-state index in [9.17, 15) is 4.79 Å². The van der Waals surface area contributed by atoms with Crippen molar-refractivity contribution in [3.63, 3.8) is 0 Å². The summed E-state index contributed by atoms with van der Waals surface area (Å²) in [6.45, 7) is 2.17. The van der Waals surface area contributed by atoms with Gasteiger partial charge in [0.1, 0.15) is 11.3 Å². The van der Waals surface area contributed by atoms with Crippen molar-refractivity contribution in [3.8, 4) is 11.5 Å². The van der Waals surface area contributed by atoms with Gasteiger partial charge >= 0.3 is 0 Å². The minimum atomic E-state index is -0.177. The Hall–Kier alpha value is -2.54. The maximum absolute atomic E-state index is 12.1. The molecule has 1 aromatic carbocycles. The molecule has 1 N–H and O–H groups in total. The van der Waals surface area contributed by atoms with E-state index in [0.717, 1.165) is 23.4 Å². The summed E-state index contributed by atoms with van der Waals surface area (Å²) in [6, 6.07) is 9.59. The average molecular weight is 356 g/mol. The molecule has 3 aromatic rings. The number of amides is 1. The van der Waals surface area contributed by atoms with Crippen LogP contribution >= 0.6 is 11.3 Å². The van der Waals surface area contributed by atoms with E-state index >= 15 is 0 Å². The van der Waals surface area contributed by atoms with Crippen molar-refractivity contribution in [2.75, 3.05) is 5.32 Å². The third-order valence-corrected chi connectivity index (χ3v) is 4.52. The molecule has 7 heteroatoms. The Morgan fingerprint density at radius 2 is 2.04 bits per heavy atom. The average Bonchev–Trinajstić information content (AvgIpc) is 3.26. The molecule has 3 rings (SSSR count). The van der Waals surface area contributed by atoms with Crippen LogP contribution in [0.4, 0.5) is 5.13 Å². The van der Waals surface area contributed by atoms with E-state index in [0.29, 0.717) is 16.7 Å². The van der Waals surface area contributed by atoms with Gasteiger partial charge in [0.25, 0.3) is 0 Å². The number of oxazole rings is 1. The monoisotopic (exact) mass is 356 g/mol. The SMILES string of the molecule is CCCCCc1nnc(NC(=O)Cc2coc(-c3ccccc3)n2)s1. The maximum Gasteiger partial charge on any atom is 0.232 e. The summed E-state index contributed by atoms with van der Waals surface area (Å²) in [4.78, 5) is 16.5. The number of nitrogens with zero attached hydrogens (tertiary/aromatic N) is 3. The van der Waals surface area contributed by atoms with Gasteiger partial charge in [0.05, 0.1) is 12.1 Å². The first-order valence-electron chi connectivity index (χ1n) is 8.36. The minimum absolute atomic E-state index is 0.140. The van der Waals surface area contributed by atoms with Crippen molar-refractivity contribution < 1.29 is 9.21 Å². The number of aromatic nitrogens is 3. The van der Waals surface area contributed by atoms with E-state index in [4.69, 9.17) is 4.42 Å². The third kappa shape index (κ3) is 4.96. The Morgan fingerprint density at radius 3 is 2.84 bits per heavy atom. The third-order valence-electron chi connectivity index (χ3n) is 3.62. The molecular formula is C18H20N4O2S. The Bertz CT molecular complexity index is 813. The van der Waals surface area contributed by atoms with Crippen LogP contribution in [0.2, 0.25) is 0 Å². The first-order chi connectivity index (χ1) is 12.2. The Morgan fingerprint density at radius 1 is 1.20 bits per heavy atom. The summed E-state index contributed by atoms with van der Waals surface area (Å²) >= 11 is 1.43. The standard InChI is InChI=1S/C18H20N4O2S/c1-2-3-5-10-16-21-22-18(25-16)20-15(23)11-14-12-24-17(19-14)13-8-6-4-7-9-13/h4,6-9,12H,2-3,5,10-11H2,1H3,(H,20,22,23). The molecule has 0 atom stereocenters. The van der Waals surface area contributed by atoms with Crippen LogP contribution in [-0.2, 0) is 17.6 Å². The first-order valence-corrected chi connectivity index (χ1v) is 9.18. The van der Waals surface area contributed by atoms with Gasteiger partial charge in [-0.15, -0.1) is 10.2 Å². The minimum Gasteiger partial charge on any atom is -0.444 e. The number of carbonyl (C=O) groups excluding carboxylic acids is 1. The van der Waals surface area contributed by atoms with Crippen LogP contribution in [0.5, 0.6) is 0 Å². The topological polar surface area (TPSA) is 80.9 Å². The van der Waals surface area contributed by atoms with Crippen molar-refractivity contribution >= 4 is 22.4 Å². The van der Waals surface area contributed by atoms with Crippen LogP contribution in [0.15, 0.2) is 41.0 Å². The highest BCUT2D eigenvalue weighted by Gasteiger charge is 2.12. The van der Waals surface area contributed by atoms with E-state index in [1.807, 2.05) is 30.3 Å². The number of hydrogen-bond acceptors (Lipinski definition) is 6. The molecule has 0 saturated carbocycles. The van der Waals surface area contributed by atoms with Gasteiger partial charge in [-0.05, 0) is 18.6 Å². The molecule has 0 bridgehead atoms. The molecule has 0 spiro atoms. The van der Waals surface area contributed by atoms with Crippen molar-refractivity contribution in [3.05, 3.63) is 47.3 Å². The van der Waals surface area contributed by atoms with Gasteiger partial charge in [0.2, 0.25) is 16.9 Å². The number of benzene rings is 1. The highest BCUT2D eigenvalue weighted by atomic mass is 32.1. The summed E-state index contributed by atoms with van der Waals surface area (Å²) in [6.07, 6.45) is 6.01. The molecule has 0 aliphatic carbocycles. The van der Waals surface area contributed by atoms with Crippen LogP contribution in [-0.4, -0.2) is 21.1 Å². The number of unbranched alkanes of at least 4 members (excludes halogenated alkanes) is 2. The predicted octanol–water partition coefficient (Wildman–Crippen LogP) is 4.11. The van der Waals surface area contributed by atoms with Gasteiger partial charge in [-0.1, -0.05) is 49.3 Å². The van der Waals surface area contributed by atoms with Gasteiger partial charge < -0.3 is 9.73 Å². The summed E-state index contributed by atoms with van der Waals surface area (Å²) < 4.78 is 5.44. The van der Waals surface area contributed by atoms with Crippen LogP contribution < -0.4 is 5.32 Å². The highest BCUT2D eigenvalue weighted by molar-refractivity contribution is 7.15. The number of anilines is 1. The summed E-state index contributed by atoms with van der Waals surface area (Å²) in [7, 11) is 0. The quantitative estimate of drug-likeness (QED) is 0.614. The van der Waals surface area contributed by atoms with E-state index in [1.54, 1.807) is 0 Å². The molecule has 6 nitrogen and oxygen atoms in total. The molecule has 25 heavy (non-hydrogen) atoms. The maximum atomic E-state index is 12.1. The Kier molecular flexibility index (Phi) is 5.90. The summed E-state index contributed by atoms with van der Waals surface area (Å²) in [5.74, 6) is 0.335. The van der Waals surface area contributed by atoms with Gasteiger partial charge in [-0.3, -0.25) is 4.79 Å². The number of aryl methyl sites for hydroxylation is 1. The molecule has 0 radical (unpaired) electrons. The van der Waals surface area contributed by atoms with E-state index in [2.05, 4.69) is 27.4 Å². The second kappa shape index (κ2) is 8.53. The molecule has 1 amide bonds. The molecule has 130 valence electrons. The second-order valence-electron chi connectivity index (χ2n) is 5.69. The fraction of sp³-hybridized carbons (Fsp3) is 0.333. The molecule has 0 fully saturated rings. The molecule has 0 saturated heterocycles. The fourth-order valence-electron chi connectivity index (χ4n) is 2.36. The lowest BCUT2D eigenvalue weighted by Gasteiger charge is -1.97. The number of nitrogens with one attached hydrogen (secondary N) is 1. The van der Waals surface area contributed by atoms with Gasteiger partial charge in [-0.2, -0.15) is 0 Å². The van der Waals surface area contributed by atoms with E-state index < -0.39 is 0 Å². The van der Waals surface area contributed by atoms with Gasteiger partial charge in [0, 0.05) is 12.0 Å². The van der Waals surface area contributed by atoms with E-state index in [1.165, 1.54) is 30.4 Å². The van der Waals surface area contributed by atoms with E-state index in [-0.39, 0.29) is 12.3 Å². The lowest BCUT2D eigenvalue weighted by Crippen LogP contribution is -2.14. The summed E-state index contributed by atoms with van der Waals surface area (Å²) in [5, 5.41) is 12.4. The van der Waals surface area contributed by atoms with Crippen molar-refractivity contribution in [1.29, 1.82) is 0 Å². The molecule has 2 aromatic heterocycles. The zero-order valence-electron chi connectivity index (χ0n) is 14.1. The van der Waals surface area contributed by atoms with Crippen molar-refractivity contribution in [2.24, 2.45) is 0 Å². The smallest absolute Gasteiger partial charge is 0.232 e. The largest absolute Gasteiger partial charge is 0.444 e. The normalized spacial score (nSPS) is 10.8. The predicted molar refractivity (Wildman–Crippen MR) is 97.4 cm³/mol. The number of hydrogen-bond donors (Lipinski definition) is 1. The lowest BCUT2D eigenvalue weighted by molar-refractivity contribution is -0.115. The Labute approximate surface area is 150 Å².